The molecule has 0 aliphatic heterocycles. The van der Waals surface area contributed by atoms with E-state index in [2.05, 4.69) is 17.2 Å². The topological polar surface area (TPSA) is 42.0 Å². The minimum atomic E-state index is -0.110. The lowest BCUT2D eigenvalue weighted by Crippen LogP contribution is -2.29. The largest absolute Gasteiger partial charge is 0.351 e. The highest BCUT2D eigenvalue weighted by molar-refractivity contribution is 7.99. The fraction of sp³-hybridized carbons (Fsp3) is 0.286. The monoisotopic (exact) mass is 294 g/mol. The van der Waals surface area contributed by atoms with Crippen LogP contribution in [0.25, 0.3) is 10.8 Å². The summed E-state index contributed by atoms with van der Waals surface area (Å²) in [6.45, 7) is 2.71. The van der Waals surface area contributed by atoms with E-state index in [9.17, 15) is 4.79 Å². The summed E-state index contributed by atoms with van der Waals surface area (Å²) in [5.74, 6) is -0.110. The lowest BCUT2D eigenvalue weighted by Gasteiger charge is -2.11. The third-order valence-electron chi connectivity index (χ3n) is 2.94. The lowest BCUT2D eigenvalue weighted by atomic mass is 10.1. The molecule has 0 bridgehead atoms. The molecule has 0 saturated heterocycles. The molecule has 1 heterocycles. The summed E-state index contributed by atoms with van der Waals surface area (Å²) in [6, 6.07) is 7.52. The number of halogens is 1. The van der Waals surface area contributed by atoms with Crippen LogP contribution in [0.15, 0.2) is 30.5 Å². The second-order valence-electron chi connectivity index (χ2n) is 4.26. The van der Waals surface area contributed by atoms with Crippen LogP contribution in [0.5, 0.6) is 0 Å². The summed E-state index contributed by atoms with van der Waals surface area (Å²) in [7, 11) is 0. The number of carbonyl (C=O) groups excluding carboxylic acids is 1. The molecule has 19 heavy (non-hydrogen) atoms. The van der Waals surface area contributed by atoms with Gasteiger partial charge in [-0.25, -0.2) is 4.98 Å². The highest BCUT2D eigenvalue weighted by atomic mass is 35.5. The highest BCUT2D eigenvalue weighted by Gasteiger charge is 2.13. The highest BCUT2D eigenvalue weighted by Crippen LogP contribution is 2.24. The third-order valence-corrected chi connectivity index (χ3v) is 4.22. The lowest BCUT2D eigenvalue weighted by molar-refractivity contribution is 0.0955. The molecule has 1 aromatic heterocycles. The van der Waals surface area contributed by atoms with Crippen molar-refractivity contribution in [3.8, 4) is 0 Å². The van der Waals surface area contributed by atoms with Crippen molar-refractivity contribution in [3.05, 3.63) is 41.2 Å². The predicted molar refractivity (Wildman–Crippen MR) is 82.1 cm³/mol. The molecule has 2 rings (SSSR count). The summed E-state index contributed by atoms with van der Waals surface area (Å²) >= 11 is 7.75. The molecule has 2 aromatic rings. The Morgan fingerprint density at radius 1 is 1.42 bits per heavy atom. The Morgan fingerprint density at radius 3 is 2.79 bits per heavy atom. The van der Waals surface area contributed by atoms with E-state index in [4.69, 9.17) is 11.6 Å². The Bertz CT molecular complexity index is 603. The molecule has 0 spiro atoms. The van der Waals surface area contributed by atoms with Gasteiger partial charge in [0.15, 0.2) is 0 Å². The van der Waals surface area contributed by atoms with Crippen LogP contribution in [-0.2, 0) is 0 Å². The maximum absolute atomic E-state index is 12.2. The molecule has 1 N–H and O–H groups in total. The smallest absolute Gasteiger partial charge is 0.253 e. The molecule has 1 aromatic carbocycles. The quantitative estimate of drug-likeness (QED) is 0.879. The normalized spacial score (nSPS) is 12.4. The van der Waals surface area contributed by atoms with Gasteiger partial charge in [-0.1, -0.05) is 42.8 Å². The number of pyridine rings is 1. The maximum Gasteiger partial charge on any atom is 0.253 e. The molecule has 5 heteroatoms. The van der Waals surface area contributed by atoms with E-state index < -0.39 is 0 Å². The molecule has 0 saturated carbocycles. The molecule has 3 nitrogen and oxygen atoms in total. The number of nitrogens with one attached hydrogen (secondary N) is 1. The number of rotatable bonds is 4. The summed E-state index contributed by atoms with van der Waals surface area (Å²) in [4.78, 5) is 16.3. The number of amides is 1. The zero-order valence-corrected chi connectivity index (χ0v) is 12.4. The average molecular weight is 295 g/mol. The van der Waals surface area contributed by atoms with Gasteiger partial charge in [0.25, 0.3) is 5.91 Å². The Morgan fingerprint density at radius 2 is 2.11 bits per heavy atom. The number of carbonyl (C=O) groups is 1. The van der Waals surface area contributed by atoms with Gasteiger partial charge in [0.2, 0.25) is 0 Å². The Kier molecular flexibility index (Phi) is 4.66. The number of hydrogen-bond donors (Lipinski definition) is 1. The van der Waals surface area contributed by atoms with Crippen LogP contribution in [0.3, 0.4) is 0 Å². The Hall–Kier alpha value is -1.26. The van der Waals surface area contributed by atoms with Gasteiger partial charge in [0, 0.05) is 23.4 Å². The minimum Gasteiger partial charge on any atom is -0.351 e. The number of fused-ring (bicyclic) bond motifs is 1. The van der Waals surface area contributed by atoms with E-state index in [-0.39, 0.29) is 5.91 Å². The molecule has 1 unspecified atom stereocenters. The average Bonchev–Trinajstić information content (AvgIpc) is 2.45. The molecule has 0 fully saturated rings. The Balaban J connectivity index is 2.30. The van der Waals surface area contributed by atoms with E-state index in [1.807, 2.05) is 30.5 Å². The molecule has 1 amide bonds. The van der Waals surface area contributed by atoms with Crippen molar-refractivity contribution in [3.63, 3.8) is 0 Å². The fourth-order valence-corrected chi connectivity index (χ4v) is 2.22. The second-order valence-corrected chi connectivity index (χ2v) is 5.90. The van der Waals surface area contributed by atoms with Crippen LogP contribution < -0.4 is 5.32 Å². The molecule has 1 atom stereocenters. The van der Waals surface area contributed by atoms with Crippen molar-refractivity contribution in [2.75, 3.05) is 12.8 Å². The summed E-state index contributed by atoms with van der Waals surface area (Å²) in [5, 5.41) is 5.36. The van der Waals surface area contributed by atoms with Gasteiger partial charge in [0.1, 0.15) is 5.15 Å². The van der Waals surface area contributed by atoms with Crippen molar-refractivity contribution >= 4 is 40.0 Å². The number of hydrogen-bond acceptors (Lipinski definition) is 3. The van der Waals surface area contributed by atoms with Gasteiger partial charge in [-0.3, -0.25) is 4.79 Å². The van der Waals surface area contributed by atoms with E-state index in [0.29, 0.717) is 22.5 Å². The predicted octanol–water partition coefficient (Wildman–Crippen LogP) is 3.37. The number of aromatic nitrogens is 1. The van der Waals surface area contributed by atoms with Gasteiger partial charge in [-0.2, -0.15) is 11.8 Å². The van der Waals surface area contributed by atoms with E-state index in [0.717, 1.165) is 10.8 Å². The van der Waals surface area contributed by atoms with Gasteiger partial charge < -0.3 is 5.32 Å². The van der Waals surface area contributed by atoms with Gasteiger partial charge in [-0.05, 0) is 11.6 Å². The summed E-state index contributed by atoms with van der Waals surface area (Å²) in [5.41, 5.74) is 0.563. The SMILES string of the molecule is CSC(C)CNC(=O)c1cnc(Cl)c2ccccc12. The van der Waals surface area contributed by atoms with Crippen molar-refractivity contribution in [2.24, 2.45) is 0 Å². The van der Waals surface area contributed by atoms with Crippen LogP contribution in [0.2, 0.25) is 5.15 Å². The molecule has 0 aliphatic carbocycles. The summed E-state index contributed by atoms with van der Waals surface area (Å²) in [6.07, 6.45) is 3.56. The van der Waals surface area contributed by atoms with Gasteiger partial charge in [0.05, 0.1) is 5.56 Å². The van der Waals surface area contributed by atoms with Crippen LogP contribution in [0.4, 0.5) is 0 Å². The molecular weight excluding hydrogens is 280 g/mol. The van der Waals surface area contributed by atoms with Crippen molar-refractivity contribution < 1.29 is 4.79 Å². The van der Waals surface area contributed by atoms with Crippen LogP contribution in [0.1, 0.15) is 17.3 Å². The summed E-state index contributed by atoms with van der Waals surface area (Å²) < 4.78 is 0. The third kappa shape index (κ3) is 3.19. The first-order valence-electron chi connectivity index (χ1n) is 5.97. The number of nitrogens with zero attached hydrogens (tertiary/aromatic N) is 1. The van der Waals surface area contributed by atoms with Crippen molar-refractivity contribution in [1.82, 2.24) is 10.3 Å². The first kappa shape index (κ1) is 14.2. The molecular formula is C14H15ClN2OS. The minimum absolute atomic E-state index is 0.110. The van der Waals surface area contributed by atoms with Gasteiger partial charge >= 0.3 is 0 Å². The van der Waals surface area contributed by atoms with Crippen LogP contribution >= 0.6 is 23.4 Å². The van der Waals surface area contributed by atoms with Crippen LogP contribution in [-0.4, -0.2) is 28.9 Å². The number of benzene rings is 1. The molecule has 0 aliphatic rings. The fourth-order valence-electron chi connectivity index (χ4n) is 1.75. The van der Waals surface area contributed by atoms with Crippen LogP contribution in [0, 0.1) is 0 Å². The number of thioether (sulfide) groups is 1. The zero-order valence-electron chi connectivity index (χ0n) is 10.8. The van der Waals surface area contributed by atoms with E-state index in [1.165, 1.54) is 6.20 Å². The van der Waals surface area contributed by atoms with E-state index >= 15 is 0 Å². The van der Waals surface area contributed by atoms with E-state index in [1.54, 1.807) is 11.8 Å². The maximum atomic E-state index is 12.2. The first-order chi connectivity index (χ1) is 9.13. The standard InChI is InChI=1S/C14H15ClN2OS/c1-9(19-2)7-17-14(18)12-8-16-13(15)11-6-4-3-5-10(11)12/h3-6,8-9H,7H2,1-2H3,(H,17,18). The first-order valence-corrected chi connectivity index (χ1v) is 7.64. The zero-order chi connectivity index (χ0) is 13.8. The van der Waals surface area contributed by atoms with Crippen molar-refractivity contribution in [2.45, 2.75) is 12.2 Å². The van der Waals surface area contributed by atoms with Gasteiger partial charge in [-0.15, -0.1) is 0 Å². The molecule has 0 radical (unpaired) electrons. The molecule has 100 valence electrons. The second kappa shape index (κ2) is 6.26. The Labute approximate surface area is 121 Å². The van der Waals surface area contributed by atoms with Crippen molar-refractivity contribution in [1.29, 1.82) is 0 Å².